The van der Waals surface area contributed by atoms with Gasteiger partial charge in [-0.25, -0.2) is 0 Å². The highest BCUT2D eigenvalue weighted by Crippen LogP contribution is 2.46. The molecular formula is C12H27O3P. The van der Waals surface area contributed by atoms with Crippen LogP contribution in [0.15, 0.2) is 0 Å². The summed E-state index contributed by atoms with van der Waals surface area (Å²) >= 11 is 0. The fraction of sp³-hybridized carbons (Fsp3) is 1.00. The summed E-state index contributed by atoms with van der Waals surface area (Å²) in [5.41, 5.74) is -0.393. The van der Waals surface area contributed by atoms with Gasteiger partial charge in [-0.15, -0.1) is 0 Å². The molecule has 0 aliphatic heterocycles. The van der Waals surface area contributed by atoms with E-state index in [2.05, 4.69) is 13.8 Å². The Kier molecular flexibility index (Phi) is 9.29. The van der Waals surface area contributed by atoms with E-state index in [1.807, 2.05) is 0 Å². The highest BCUT2D eigenvalue weighted by Gasteiger charge is 2.27. The fourth-order valence-electron chi connectivity index (χ4n) is 1.92. The Labute approximate surface area is 99.8 Å². The van der Waals surface area contributed by atoms with Crippen LogP contribution in [0.2, 0.25) is 0 Å². The zero-order valence-electron chi connectivity index (χ0n) is 10.7. The maximum absolute atomic E-state index is 11.3. The van der Waals surface area contributed by atoms with Crippen molar-refractivity contribution in [3.63, 3.8) is 0 Å². The van der Waals surface area contributed by atoms with E-state index in [4.69, 9.17) is 0 Å². The van der Waals surface area contributed by atoms with Gasteiger partial charge in [-0.1, -0.05) is 58.8 Å². The third-order valence-corrected chi connectivity index (χ3v) is 4.48. The van der Waals surface area contributed by atoms with Gasteiger partial charge < -0.3 is 9.79 Å². The molecule has 0 saturated carbocycles. The van der Waals surface area contributed by atoms with Crippen LogP contribution in [0.4, 0.5) is 0 Å². The standard InChI is InChI=1S/C12H27O3P/c1-3-5-7-9-11-12(16(13,14)15)10-8-6-4-2/h12H,3-11H2,1-2H3,(H2,13,14,15). The Hall–Kier alpha value is 0.150. The third-order valence-electron chi connectivity index (χ3n) is 3.01. The molecule has 98 valence electrons. The minimum atomic E-state index is -3.86. The Bertz CT molecular complexity index is 200. The van der Waals surface area contributed by atoms with E-state index in [9.17, 15) is 14.4 Å². The van der Waals surface area contributed by atoms with E-state index in [0.29, 0.717) is 12.8 Å². The van der Waals surface area contributed by atoms with Crippen LogP contribution in [0.3, 0.4) is 0 Å². The lowest BCUT2D eigenvalue weighted by Crippen LogP contribution is -2.08. The molecule has 2 N–H and O–H groups in total. The van der Waals surface area contributed by atoms with Crippen LogP contribution in [0.1, 0.15) is 71.6 Å². The highest BCUT2D eigenvalue weighted by molar-refractivity contribution is 7.52. The molecule has 0 aromatic rings. The summed E-state index contributed by atoms with van der Waals surface area (Å²) in [5, 5.41) is 0. The SMILES string of the molecule is CCCCCCC(CCCCC)P(=O)(O)O. The summed E-state index contributed by atoms with van der Waals surface area (Å²) in [6.45, 7) is 4.25. The highest BCUT2D eigenvalue weighted by atomic mass is 31.2. The predicted octanol–water partition coefficient (Wildman–Crippen LogP) is 4.08. The van der Waals surface area contributed by atoms with Crippen LogP contribution >= 0.6 is 7.60 Å². The van der Waals surface area contributed by atoms with Gasteiger partial charge in [0.15, 0.2) is 0 Å². The molecule has 0 saturated heterocycles. The number of rotatable bonds is 10. The molecule has 0 aromatic heterocycles. The van der Waals surface area contributed by atoms with E-state index < -0.39 is 13.3 Å². The average molecular weight is 250 g/mol. The van der Waals surface area contributed by atoms with Crippen molar-refractivity contribution < 1.29 is 14.4 Å². The van der Waals surface area contributed by atoms with Gasteiger partial charge in [0, 0.05) is 0 Å². The van der Waals surface area contributed by atoms with E-state index in [0.717, 1.165) is 38.5 Å². The van der Waals surface area contributed by atoms with Gasteiger partial charge in [0.1, 0.15) is 0 Å². The van der Waals surface area contributed by atoms with Crippen molar-refractivity contribution in [1.82, 2.24) is 0 Å². The normalized spacial score (nSPS) is 14.0. The van der Waals surface area contributed by atoms with Crippen molar-refractivity contribution in [3.05, 3.63) is 0 Å². The van der Waals surface area contributed by atoms with Gasteiger partial charge in [0.25, 0.3) is 0 Å². The molecule has 3 nitrogen and oxygen atoms in total. The zero-order valence-corrected chi connectivity index (χ0v) is 11.6. The largest absolute Gasteiger partial charge is 0.328 e. The van der Waals surface area contributed by atoms with Gasteiger partial charge >= 0.3 is 7.60 Å². The summed E-state index contributed by atoms with van der Waals surface area (Å²) in [7, 11) is -3.86. The monoisotopic (exact) mass is 250 g/mol. The number of unbranched alkanes of at least 4 members (excludes halogenated alkanes) is 5. The zero-order chi connectivity index (χ0) is 12.4. The first-order chi connectivity index (χ1) is 7.52. The fourth-order valence-corrected chi connectivity index (χ4v) is 2.96. The van der Waals surface area contributed by atoms with Crippen molar-refractivity contribution in [2.75, 3.05) is 0 Å². The van der Waals surface area contributed by atoms with Crippen LogP contribution in [0.5, 0.6) is 0 Å². The van der Waals surface area contributed by atoms with E-state index >= 15 is 0 Å². The molecule has 0 aliphatic rings. The molecule has 0 fully saturated rings. The smallest absolute Gasteiger partial charge is 0.324 e. The molecule has 0 bridgehead atoms. The maximum Gasteiger partial charge on any atom is 0.328 e. The third kappa shape index (κ3) is 8.32. The van der Waals surface area contributed by atoms with Crippen LogP contribution < -0.4 is 0 Å². The van der Waals surface area contributed by atoms with Crippen molar-refractivity contribution in [2.24, 2.45) is 0 Å². The minimum Gasteiger partial charge on any atom is -0.324 e. The molecule has 1 atom stereocenters. The average Bonchev–Trinajstić information content (AvgIpc) is 2.20. The molecule has 0 amide bonds. The van der Waals surface area contributed by atoms with Gasteiger partial charge in [-0.3, -0.25) is 4.57 Å². The molecular weight excluding hydrogens is 223 g/mol. The van der Waals surface area contributed by atoms with Crippen molar-refractivity contribution in [1.29, 1.82) is 0 Å². The molecule has 0 radical (unpaired) electrons. The predicted molar refractivity (Wildman–Crippen MR) is 68.7 cm³/mol. The topological polar surface area (TPSA) is 57.5 Å². The first-order valence-electron chi connectivity index (χ1n) is 6.57. The van der Waals surface area contributed by atoms with Gasteiger partial charge in [-0.2, -0.15) is 0 Å². The molecule has 0 rings (SSSR count). The van der Waals surface area contributed by atoms with Gasteiger partial charge in [0.2, 0.25) is 0 Å². The molecule has 0 aliphatic carbocycles. The molecule has 1 unspecified atom stereocenters. The molecule has 0 spiro atoms. The van der Waals surface area contributed by atoms with E-state index in [1.165, 1.54) is 6.42 Å². The number of hydrogen-bond donors (Lipinski definition) is 2. The second kappa shape index (κ2) is 9.21. The molecule has 0 heterocycles. The van der Waals surface area contributed by atoms with Crippen molar-refractivity contribution in [2.45, 2.75) is 77.3 Å². The lowest BCUT2D eigenvalue weighted by Gasteiger charge is -2.18. The summed E-state index contributed by atoms with van der Waals surface area (Å²) in [4.78, 5) is 18.5. The van der Waals surface area contributed by atoms with Crippen LogP contribution in [-0.2, 0) is 4.57 Å². The quantitative estimate of drug-likeness (QED) is 0.453. The minimum absolute atomic E-state index is 0.393. The van der Waals surface area contributed by atoms with Gasteiger partial charge in [0.05, 0.1) is 5.66 Å². The summed E-state index contributed by atoms with van der Waals surface area (Å²) in [5.74, 6) is 0. The van der Waals surface area contributed by atoms with E-state index in [1.54, 1.807) is 0 Å². The Balaban J connectivity index is 3.87. The first kappa shape index (κ1) is 16.1. The second-order valence-corrected chi connectivity index (χ2v) is 6.50. The maximum atomic E-state index is 11.3. The second-order valence-electron chi connectivity index (χ2n) is 4.59. The van der Waals surface area contributed by atoms with Crippen molar-refractivity contribution >= 4 is 7.60 Å². The molecule has 16 heavy (non-hydrogen) atoms. The summed E-state index contributed by atoms with van der Waals surface area (Å²) in [6, 6.07) is 0. The van der Waals surface area contributed by atoms with E-state index in [-0.39, 0.29) is 0 Å². The lowest BCUT2D eigenvalue weighted by molar-refractivity contribution is 0.346. The van der Waals surface area contributed by atoms with Gasteiger partial charge in [-0.05, 0) is 12.8 Å². The summed E-state index contributed by atoms with van der Waals surface area (Å²) in [6.07, 6.45) is 8.88. The Morgan fingerprint density at radius 1 is 0.875 bits per heavy atom. The lowest BCUT2D eigenvalue weighted by atomic mass is 10.1. The first-order valence-corrected chi connectivity index (χ1v) is 8.25. The Morgan fingerprint density at radius 3 is 1.75 bits per heavy atom. The van der Waals surface area contributed by atoms with Crippen LogP contribution in [0.25, 0.3) is 0 Å². The summed E-state index contributed by atoms with van der Waals surface area (Å²) < 4.78 is 11.3. The Morgan fingerprint density at radius 2 is 1.31 bits per heavy atom. The number of hydrogen-bond acceptors (Lipinski definition) is 1. The van der Waals surface area contributed by atoms with Crippen LogP contribution in [0, 0.1) is 0 Å². The van der Waals surface area contributed by atoms with Crippen molar-refractivity contribution in [3.8, 4) is 0 Å². The molecule has 0 aromatic carbocycles. The van der Waals surface area contributed by atoms with Crippen LogP contribution in [-0.4, -0.2) is 15.4 Å². The molecule has 4 heteroatoms.